The fraction of sp³-hybridized carbons (Fsp3) is 0.500. The number of methoxy groups -OCH3 is 1. The van der Waals surface area contributed by atoms with Gasteiger partial charge in [-0.3, -0.25) is 0 Å². The average Bonchev–Trinajstić information content (AvgIpc) is 2.27. The number of ether oxygens (including phenoxy) is 1. The molecule has 0 aromatic rings. The van der Waals surface area contributed by atoms with Gasteiger partial charge in [-0.25, -0.2) is 4.79 Å². The first-order valence-corrected chi connectivity index (χ1v) is 5.10. The molecule has 0 aromatic heterocycles. The van der Waals surface area contributed by atoms with Crippen molar-refractivity contribution in [3.63, 3.8) is 0 Å². The maximum atomic E-state index is 11.3. The largest absolute Gasteiger partial charge is 0.466 e. The summed E-state index contributed by atoms with van der Waals surface area (Å²) in [5.41, 5.74) is 0.654. The molecule has 3 heteroatoms. The van der Waals surface area contributed by atoms with E-state index in [1.807, 2.05) is 19.1 Å². The number of hydrogen-bond donors (Lipinski definition) is 0. The highest BCUT2D eigenvalue weighted by atomic mass is 16.5. The summed E-state index contributed by atoms with van der Waals surface area (Å²) in [6.45, 7) is 1.89. The van der Waals surface area contributed by atoms with Crippen LogP contribution in [0.2, 0.25) is 0 Å². The summed E-state index contributed by atoms with van der Waals surface area (Å²) in [6.07, 6.45) is 9.17. The van der Waals surface area contributed by atoms with Gasteiger partial charge < -0.3 is 9.53 Å². The highest BCUT2D eigenvalue weighted by Crippen LogP contribution is 2.10. The maximum absolute atomic E-state index is 11.3. The van der Waals surface area contributed by atoms with Crippen LogP contribution >= 0.6 is 0 Å². The van der Waals surface area contributed by atoms with Crippen molar-refractivity contribution in [1.29, 1.82) is 0 Å². The SMILES string of the molecule is C/C=C\C=C(\CCCCC=O)C(=O)OC. The van der Waals surface area contributed by atoms with Crippen molar-refractivity contribution in [2.45, 2.75) is 32.6 Å². The molecule has 0 unspecified atom stereocenters. The minimum Gasteiger partial charge on any atom is -0.466 e. The highest BCUT2D eigenvalue weighted by Gasteiger charge is 2.07. The molecule has 0 atom stereocenters. The van der Waals surface area contributed by atoms with Gasteiger partial charge in [-0.1, -0.05) is 18.2 Å². The lowest BCUT2D eigenvalue weighted by atomic mass is 10.1. The Hall–Kier alpha value is -1.38. The van der Waals surface area contributed by atoms with Gasteiger partial charge in [-0.15, -0.1) is 0 Å². The Labute approximate surface area is 90.8 Å². The van der Waals surface area contributed by atoms with Crippen molar-refractivity contribution in [3.8, 4) is 0 Å². The summed E-state index contributed by atoms with van der Waals surface area (Å²) in [7, 11) is 1.37. The molecular formula is C12H18O3. The van der Waals surface area contributed by atoms with Crippen molar-refractivity contribution in [3.05, 3.63) is 23.8 Å². The molecular weight excluding hydrogens is 192 g/mol. The van der Waals surface area contributed by atoms with Crippen LogP contribution in [0.5, 0.6) is 0 Å². The molecule has 0 N–H and O–H groups in total. The number of hydrogen-bond acceptors (Lipinski definition) is 3. The summed E-state index contributed by atoms with van der Waals surface area (Å²) in [5.74, 6) is -0.292. The van der Waals surface area contributed by atoms with Crippen molar-refractivity contribution >= 4 is 12.3 Å². The minimum atomic E-state index is -0.292. The van der Waals surface area contributed by atoms with Gasteiger partial charge in [0.05, 0.1) is 7.11 Å². The van der Waals surface area contributed by atoms with Crippen LogP contribution in [0.4, 0.5) is 0 Å². The topological polar surface area (TPSA) is 43.4 Å². The third kappa shape index (κ3) is 6.66. The Morgan fingerprint density at radius 2 is 2.07 bits per heavy atom. The van der Waals surface area contributed by atoms with E-state index in [2.05, 4.69) is 4.74 Å². The van der Waals surface area contributed by atoms with E-state index in [-0.39, 0.29) is 5.97 Å². The van der Waals surface area contributed by atoms with Gasteiger partial charge in [-0.05, 0) is 26.2 Å². The molecule has 0 aromatic carbocycles. The number of carbonyl (C=O) groups is 2. The highest BCUT2D eigenvalue weighted by molar-refractivity contribution is 5.88. The zero-order valence-corrected chi connectivity index (χ0v) is 9.36. The molecule has 15 heavy (non-hydrogen) atoms. The lowest BCUT2D eigenvalue weighted by Crippen LogP contribution is -2.04. The Kier molecular flexibility index (Phi) is 8.34. The number of esters is 1. The summed E-state index contributed by atoms with van der Waals surface area (Å²) >= 11 is 0. The molecule has 3 nitrogen and oxygen atoms in total. The van der Waals surface area contributed by atoms with Gasteiger partial charge >= 0.3 is 5.97 Å². The van der Waals surface area contributed by atoms with Gasteiger partial charge in [-0.2, -0.15) is 0 Å². The van der Waals surface area contributed by atoms with Gasteiger partial charge in [0.2, 0.25) is 0 Å². The van der Waals surface area contributed by atoms with Crippen molar-refractivity contribution in [2.24, 2.45) is 0 Å². The molecule has 84 valence electrons. The molecule has 0 fully saturated rings. The first-order valence-electron chi connectivity index (χ1n) is 5.10. The van der Waals surface area contributed by atoms with Crippen molar-refractivity contribution in [1.82, 2.24) is 0 Å². The fourth-order valence-electron chi connectivity index (χ4n) is 1.14. The van der Waals surface area contributed by atoms with E-state index in [0.29, 0.717) is 18.4 Å². The number of carbonyl (C=O) groups excluding carboxylic acids is 2. The Bertz CT molecular complexity index is 252. The minimum absolute atomic E-state index is 0.292. The van der Waals surface area contributed by atoms with Gasteiger partial charge in [0, 0.05) is 12.0 Å². The first kappa shape index (κ1) is 13.6. The van der Waals surface area contributed by atoms with Crippen LogP contribution in [0.3, 0.4) is 0 Å². The molecule has 0 spiro atoms. The lowest BCUT2D eigenvalue weighted by molar-refractivity contribution is -0.136. The van der Waals surface area contributed by atoms with Crippen LogP contribution in [0.25, 0.3) is 0 Å². The van der Waals surface area contributed by atoms with E-state index in [0.717, 1.165) is 19.1 Å². The second-order valence-electron chi connectivity index (χ2n) is 3.12. The lowest BCUT2D eigenvalue weighted by Gasteiger charge is -2.03. The van der Waals surface area contributed by atoms with Crippen LogP contribution in [-0.4, -0.2) is 19.4 Å². The zero-order chi connectivity index (χ0) is 11.5. The van der Waals surface area contributed by atoms with Gasteiger partial charge in [0.15, 0.2) is 0 Å². The summed E-state index contributed by atoms with van der Waals surface area (Å²) in [6, 6.07) is 0. The number of rotatable bonds is 7. The summed E-state index contributed by atoms with van der Waals surface area (Å²) in [4.78, 5) is 21.4. The molecule has 0 rings (SSSR count). The van der Waals surface area contributed by atoms with Crippen LogP contribution in [0, 0.1) is 0 Å². The zero-order valence-electron chi connectivity index (χ0n) is 9.36. The maximum Gasteiger partial charge on any atom is 0.333 e. The predicted octanol–water partition coefficient (Wildman–Crippen LogP) is 2.42. The molecule has 0 saturated carbocycles. The van der Waals surface area contributed by atoms with E-state index in [1.54, 1.807) is 6.08 Å². The predicted molar refractivity (Wildman–Crippen MR) is 59.4 cm³/mol. The second-order valence-corrected chi connectivity index (χ2v) is 3.12. The molecule has 0 aliphatic heterocycles. The monoisotopic (exact) mass is 210 g/mol. The summed E-state index contributed by atoms with van der Waals surface area (Å²) in [5, 5.41) is 0. The Balaban J connectivity index is 4.13. The molecule has 0 bridgehead atoms. The fourth-order valence-corrected chi connectivity index (χ4v) is 1.14. The van der Waals surface area contributed by atoms with E-state index in [9.17, 15) is 9.59 Å². The molecule has 0 saturated heterocycles. The van der Waals surface area contributed by atoms with E-state index < -0.39 is 0 Å². The average molecular weight is 210 g/mol. The van der Waals surface area contributed by atoms with Crippen LogP contribution in [-0.2, 0) is 14.3 Å². The smallest absolute Gasteiger partial charge is 0.333 e. The Morgan fingerprint density at radius 3 is 2.60 bits per heavy atom. The number of unbranched alkanes of at least 4 members (excludes halogenated alkanes) is 2. The molecule has 0 heterocycles. The van der Waals surface area contributed by atoms with E-state index in [4.69, 9.17) is 0 Å². The van der Waals surface area contributed by atoms with Crippen LogP contribution in [0.1, 0.15) is 32.6 Å². The third-order valence-corrected chi connectivity index (χ3v) is 1.96. The summed E-state index contributed by atoms with van der Waals surface area (Å²) < 4.78 is 4.66. The molecule has 0 amide bonds. The van der Waals surface area contributed by atoms with Crippen molar-refractivity contribution in [2.75, 3.05) is 7.11 Å². The normalized spacial score (nSPS) is 11.7. The van der Waals surface area contributed by atoms with Crippen molar-refractivity contribution < 1.29 is 14.3 Å². The standard InChI is InChI=1S/C12H18O3/c1-3-4-8-11(12(14)15-2)9-6-5-7-10-13/h3-4,8,10H,5-7,9H2,1-2H3/b4-3-,11-8-. The quantitative estimate of drug-likeness (QED) is 0.213. The molecule has 0 aliphatic rings. The molecule has 0 radical (unpaired) electrons. The first-order chi connectivity index (χ1) is 7.26. The number of allylic oxidation sites excluding steroid dienone is 3. The number of aldehydes is 1. The van der Waals surface area contributed by atoms with Crippen LogP contribution < -0.4 is 0 Å². The van der Waals surface area contributed by atoms with E-state index >= 15 is 0 Å². The molecule has 0 aliphatic carbocycles. The second kappa shape index (κ2) is 9.19. The van der Waals surface area contributed by atoms with Gasteiger partial charge in [0.1, 0.15) is 6.29 Å². The third-order valence-electron chi connectivity index (χ3n) is 1.96. The Morgan fingerprint density at radius 1 is 1.33 bits per heavy atom. The van der Waals surface area contributed by atoms with Gasteiger partial charge in [0.25, 0.3) is 0 Å². The van der Waals surface area contributed by atoms with E-state index in [1.165, 1.54) is 7.11 Å². The van der Waals surface area contributed by atoms with Crippen LogP contribution in [0.15, 0.2) is 23.8 Å².